The molecule has 3 rings (SSSR count). The zero-order valence-corrected chi connectivity index (χ0v) is 23.0. The summed E-state index contributed by atoms with van der Waals surface area (Å²) >= 11 is 0. The number of methoxy groups -OCH3 is 1. The van der Waals surface area contributed by atoms with Crippen LogP contribution in [0.5, 0.6) is 5.75 Å². The summed E-state index contributed by atoms with van der Waals surface area (Å²) in [6, 6.07) is 7.31. The van der Waals surface area contributed by atoms with Crippen LogP contribution in [-0.2, 0) is 5.41 Å². The number of hydrogen-bond donors (Lipinski definition) is 0. The fraction of sp³-hybridized carbons (Fsp3) is 0.200. The van der Waals surface area contributed by atoms with Gasteiger partial charge in [-0.15, -0.1) is 0 Å². The Balaban J connectivity index is 2.67. The van der Waals surface area contributed by atoms with Crippen molar-refractivity contribution in [3.05, 3.63) is 104 Å². The zero-order chi connectivity index (χ0) is 34.3. The summed E-state index contributed by atoms with van der Waals surface area (Å²) in [5, 5.41) is 41.0. The maximum absolute atomic E-state index is 13.6. The number of benzene rings is 2. The van der Waals surface area contributed by atoms with Crippen molar-refractivity contribution in [2.24, 2.45) is 26.4 Å². The molecule has 1 unspecified atom stereocenters. The van der Waals surface area contributed by atoms with Crippen molar-refractivity contribution < 1.29 is 28.7 Å². The van der Waals surface area contributed by atoms with Crippen LogP contribution in [0.25, 0.3) is 41.8 Å². The van der Waals surface area contributed by atoms with E-state index in [1.54, 1.807) is 0 Å². The average molecular weight is 617 g/mol. The summed E-state index contributed by atoms with van der Waals surface area (Å²) < 4.78 is 5.30. The second-order valence-corrected chi connectivity index (χ2v) is 8.98. The molecule has 21 heteroatoms. The Morgan fingerprint density at radius 2 is 1.26 bits per heavy atom. The normalized spacial score (nSPS) is 14.2. The van der Waals surface area contributed by atoms with Gasteiger partial charge < -0.3 is 4.74 Å². The number of amides is 4. The van der Waals surface area contributed by atoms with E-state index in [9.17, 15) is 39.8 Å². The first-order valence-corrected chi connectivity index (χ1v) is 12.1. The fourth-order valence-electron chi connectivity index (χ4n) is 5.09. The van der Waals surface area contributed by atoms with E-state index >= 15 is 0 Å². The Bertz CT molecular complexity index is 2090. The molecule has 0 aromatic heterocycles. The number of azide groups is 4. The molecule has 2 atom stereocenters. The maximum Gasteiger partial charge on any atom is 0.257 e. The number of carbonyl (C=O) groups excluding carboxylic acids is 5. The van der Waals surface area contributed by atoms with E-state index in [0.29, 0.717) is 0 Å². The molecule has 0 bridgehead atoms. The van der Waals surface area contributed by atoms with Crippen molar-refractivity contribution in [3.8, 4) is 24.0 Å². The third kappa shape index (κ3) is 5.20. The van der Waals surface area contributed by atoms with Crippen LogP contribution in [0, 0.1) is 39.9 Å². The summed E-state index contributed by atoms with van der Waals surface area (Å²) in [5.41, 5.74) is 28.1. The second-order valence-electron chi connectivity index (χ2n) is 8.98. The predicted octanol–water partition coefficient (Wildman–Crippen LogP) is 5.27. The molecule has 2 aromatic rings. The van der Waals surface area contributed by atoms with E-state index in [1.165, 1.54) is 25.1 Å². The van der Waals surface area contributed by atoms with Crippen molar-refractivity contribution >= 4 is 29.4 Å². The highest BCUT2D eigenvalue weighted by Gasteiger charge is 2.46. The van der Waals surface area contributed by atoms with Crippen molar-refractivity contribution in [1.29, 1.82) is 15.8 Å². The van der Waals surface area contributed by atoms with Crippen molar-refractivity contribution in [2.45, 2.75) is 18.3 Å². The average Bonchev–Trinajstić information content (AvgIpc) is 3.30. The summed E-state index contributed by atoms with van der Waals surface area (Å²) in [4.78, 5) is 75.0. The van der Waals surface area contributed by atoms with Crippen molar-refractivity contribution in [3.63, 3.8) is 0 Å². The second kappa shape index (κ2) is 13.1. The molecule has 0 N–H and O–H groups in total. The summed E-state index contributed by atoms with van der Waals surface area (Å²) in [6.45, 7) is 1.33. The molecule has 1 aliphatic carbocycles. The van der Waals surface area contributed by atoms with Crippen LogP contribution in [0.4, 0.5) is 0 Å². The van der Waals surface area contributed by atoms with Crippen molar-refractivity contribution in [1.82, 2.24) is 0 Å². The molecule has 4 amide bonds. The number of hydrogen-bond acceptors (Lipinski definition) is 9. The largest absolute Gasteiger partial charge is 0.496 e. The lowest BCUT2D eigenvalue weighted by atomic mass is 9.77. The third-order valence-corrected chi connectivity index (χ3v) is 6.87. The smallest absolute Gasteiger partial charge is 0.257 e. The zero-order valence-electron chi connectivity index (χ0n) is 23.0. The highest BCUT2D eigenvalue weighted by molar-refractivity contribution is 6.19. The van der Waals surface area contributed by atoms with E-state index in [2.05, 4.69) is 40.1 Å². The molecule has 2 aromatic carbocycles. The van der Waals surface area contributed by atoms with Gasteiger partial charge in [0.15, 0.2) is 5.78 Å². The molecular formula is C25H11N15O6. The minimum atomic E-state index is -2.68. The summed E-state index contributed by atoms with van der Waals surface area (Å²) in [5.74, 6) is -9.81. The van der Waals surface area contributed by atoms with Gasteiger partial charge in [-0.3, -0.25) is 24.0 Å². The molecule has 0 saturated carbocycles. The van der Waals surface area contributed by atoms with Crippen LogP contribution >= 0.6 is 0 Å². The van der Waals surface area contributed by atoms with Gasteiger partial charge in [0.1, 0.15) is 24.0 Å². The standard InChI is InChI=1S/C25H11N15O6/c1-9-15(10-3-13(22(43)34-38-30)19(14(4-10)46-2)25(6-26,7-27)8-28)16-11(20(9)41)5-12(21(42)33-37-29)17(23(44)35-39-31)18(16)24(45)36-40-32/h3-5,9,15H,1-2H3/t9-,15?/m0/s1. The number of Topliss-reactive ketones (excluding diaryl/α,β-unsaturated/α-hetero) is 1. The van der Waals surface area contributed by atoms with Gasteiger partial charge in [0.05, 0.1) is 12.7 Å². The first kappa shape index (κ1) is 32.8. The first-order valence-electron chi connectivity index (χ1n) is 12.1. The predicted molar refractivity (Wildman–Crippen MR) is 147 cm³/mol. The van der Waals surface area contributed by atoms with Crippen LogP contribution in [0.2, 0.25) is 0 Å². The van der Waals surface area contributed by atoms with Gasteiger partial charge in [-0.2, -0.15) is 15.8 Å². The third-order valence-electron chi connectivity index (χ3n) is 6.87. The monoisotopic (exact) mass is 617 g/mol. The lowest BCUT2D eigenvalue weighted by molar-refractivity contribution is 0.0937. The summed E-state index contributed by atoms with van der Waals surface area (Å²) in [6.07, 6.45) is 0. The van der Waals surface area contributed by atoms with E-state index < -0.39 is 85.8 Å². The van der Waals surface area contributed by atoms with Crippen LogP contribution in [0.3, 0.4) is 0 Å². The van der Waals surface area contributed by atoms with Gasteiger partial charge >= 0.3 is 0 Å². The molecule has 0 spiro atoms. The van der Waals surface area contributed by atoms with E-state index in [4.69, 9.17) is 26.9 Å². The number of nitrogens with zero attached hydrogens (tertiary/aromatic N) is 15. The van der Waals surface area contributed by atoms with Gasteiger partial charge in [-0.25, -0.2) is 0 Å². The number of rotatable bonds is 7. The first-order chi connectivity index (χ1) is 22.0. The van der Waals surface area contributed by atoms with E-state index in [0.717, 1.165) is 25.3 Å². The molecule has 21 nitrogen and oxygen atoms in total. The van der Waals surface area contributed by atoms with Gasteiger partial charge in [-0.1, -0.05) is 6.92 Å². The molecule has 46 heavy (non-hydrogen) atoms. The molecule has 0 aliphatic heterocycles. The summed E-state index contributed by atoms with van der Waals surface area (Å²) in [7, 11) is 1.04. The lowest BCUT2D eigenvalue weighted by Crippen LogP contribution is -2.25. The number of ketones is 1. The lowest BCUT2D eigenvalue weighted by Gasteiger charge is -2.24. The molecule has 0 fully saturated rings. The van der Waals surface area contributed by atoms with Gasteiger partial charge in [0.25, 0.3) is 11.3 Å². The molecule has 222 valence electrons. The van der Waals surface area contributed by atoms with Crippen molar-refractivity contribution in [2.75, 3.05) is 7.11 Å². The minimum Gasteiger partial charge on any atom is -0.496 e. The molecule has 0 saturated heterocycles. The van der Waals surface area contributed by atoms with Gasteiger partial charge in [-0.05, 0) is 71.9 Å². The molecule has 0 radical (unpaired) electrons. The van der Waals surface area contributed by atoms with Gasteiger partial charge in [0.2, 0.25) is 17.7 Å². The minimum absolute atomic E-state index is 0.120. The Morgan fingerprint density at radius 3 is 1.74 bits per heavy atom. The SMILES string of the molecule is COc1cc(C2c3c(cc(C(=O)N=[N+]=[N-])c(C(=O)N=[N+]=[N-])c3C(=O)N=[N+]=[N-])C(=O)[C@H]2C)cc(C(=O)N=[N+]=[N-])c1C(C#N)(C#N)C#N. The van der Waals surface area contributed by atoms with Crippen LogP contribution in [0.15, 0.2) is 38.7 Å². The highest BCUT2D eigenvalue weighted by Crippen LogP contribution is 2.48. The molecule has 0 heterocycles. The Hall–Kier alpha value is -7.70. The quantitative estimate of drug-likeness (QED) is 0.221. The van der Waals surface area contributed by atoms with E-state index in [-0.39, 0.29) is 11.1 Å². The van der Waals surface area contributed by atoms with Crippen LogP contribution < -0.4 is 4.74 Å². The highest BCUT2D eigenvalue weighted by atomic mass is 16.5. The molecular weight excluding hydrogens is 606 g/mol. The van der Waals surface area contributed by atoms with E-state index in [1.807, 2.05) is 0 Å². The Labute approximate surface area is 254 Å². The Kier molecular flexibility index (Phi) is 9.33. The van der Waals surface area contributed by atoms with Crippen LogP contribution in [-0.4, -0.2) is 36.5 Å². The number of nitriles is 3. The number of ether oxygens (including phenoxy) is 1. The molecule has 1 aliphatic rings. The topological polar surface area (TPSA) is 361 Å². The van der Waals surface area contributed by atoms with Gasteiger partial charge in [0, 0.05) is 59.3 Å². The maximum atomic E-state index is 13.6. The fourth-order valence-corrected chi connectivity index (χ4v) is 5.09. The number of carbonyl (C=O) groups is 5. The number of fused-ring (bicyclic) bond motifs is 1. The Morgan fingerprint density at radius 1 is 0.783 bits per heavy atom. The van der Waals surface area contributed by atoms with Crippen LogP contribution in [0.1, 0.15) is 81.3 Å².